The van der Waals surface area contributed by atoms with E-state index in [1.165, 1.54) is 0 Å². The molecular weight excluding hydrogens is 1290 g/mol. The quantitative estimate of drug-likeness (QED) is 0.0256. The monoisotopic (exact) mass is 1350 g/mol. The Morgan fingerprint density at radius 1 is 0.224 bits per heavy atom. The Kier molecular flexibility index (Phi) is 71.3. The molecule has 67 heavy (non-hydrogen) atoms. The molecule has 0 rings (SSSR count). The second-order valence-electron chi connectivity index (χ2n) is 9.70. The Balaban J connectivity index is -0.000000129. The van der Waals surface area contributed by atoms with Crippen molar-refractivity contribution < 1.29 is 75.4 Å². The van der Waals surface area contributed by atoms with Crippen LogP contribution in [0.15, 0.2) is 152 Å². The third kappa shape index (κ3) is 78.1. The molecule has 0 saturated carbocycles. The molecule has 0 heterocycles. The summed E-state index contributed by atoms with van der Waals surface area (Å²) in [6.07, 6.45) is 19.1. The molecule has 0 fully saturated rings. The molecule has 0 aliphatic rings. The van der Waals surface area contributed by atoms with E-state index in [2.05, 4.69) is 78.9 Å². The molecule has 0 aromatic rings. The molecule has 0 aromatic carbocycles. The van der Waals surface area contributed by atoms with Gasteiger partial charge in [-0.05, 0) is 0 Å². The summed E-state index contributed by atoms with van der Waals surface area (Å²) in [5.74, 6) is 0. The minimum atomic E-state index is -2.45. The van der Waals surface area contributed by atoms with Gasteiger partial charge in [0.05, 0.1) is 113 Å². The van der Waals surface area contributed by atoms with Gasteiger partial charge in [-0.3, -0.25) is 0 Å². The first-order chi connectivity index (χ1) is 30.7. The van der Waals surface area contributed by atoms with Crippen LogP contribution in [-0.2, 0) is 220 Å². The van der Waals surface area contributed by atoms with Crippen LogP contribution in [0, 0.1) is 0 Å². The van der Waals surface area contributed by atoms with Crippen molar-refractivity contribution in [2.24, 2.45) is 0 Å². The van der Waals surface area contributed by atoms with Crippen LogP contribution in [0.3, 0.4) is 0 Å². The van der Waals surface area contributed by atoms with E-state index in [9.17, 15) is 0 Å². The van der Waals surface area contributed by atoms with Crippen LogP contribution in [-0.4, -0.2) is 79.3 Å². The standard InChI is InChI=1S/6C6H11O2PS2.Mo/c6*1-3-5-7-9(10,11)8-6-4-2;/h6*3-4H,1-2,5-6H2,(H,10,11);/q;;;;;;+6/p-6. The summed E-state index contributed by atoms with van der Waals surface area (Å²) in [4.78, 5) is 0. The van der Waals surface area contributed by atoms with E-state index < -0.39 is 34.2 Å². The summed E-state index contributed by atoms with van der Waals surface area (Å²) in [7, 11) is 0. The van der Waals surface area contributed by atoms with Crippen molar-refractivity contribution >= 4 is 178 Å². The third-order valence-corrected chi connectivity index (χ3v) is 17.4. The fraction of sp³-hybridized carbons (Fsp3) is 0.333. The zero-order chi connectivity index (χ0) is 52.5. The molecule has 0 saturated heterocycles. The van der Waals surface area contributed by atoms with Crippen LogP contribution in [0.1, 0.15) is 0 Å². The normalized spacial score (nSPS) is 10.8. The van der Waals surface area contributed by atoms with E-state index in [0.29, 0.717) is 79.3 Å². The van der Waals surface area contributed by atoms with Gasteiger partial charge in [-0.2, -0.15) is 0 Å². The van der Waals surface area contributed by atoms with E-state index >= 15 is 0 Å². The molecule has 0 unspecified atom stereocenters. The first-order valence-electron chi connectivity index (χ1n) is 17.6. The number of hydrogen-bond acceptors (Lipinski definition) is 24. The first-order valence-corrected chi connectivity index (χ1v) is 39.6. The zero-order valence-corrected chi connectivity index (χ0v) is 54.0. The molecule has 0 spiro atoms. The van der Waals surface area contributed by atoms with Crippen molar-refractivity contribution in [1.29, 1.82) is 0 Å². The molecule has 0 amide bonds. The van der Waals surface area contributed by atoms with Gasteiger partial charge in [-0.1, -0.05) is 144 Å². The third-order valence-electron chi connectivity index (χ3n) is 4.21. The van der Waals surface area contributed by atoms with Crippen LogP contribution in [0.4, 0.5) is 0 Å². The van der Waals surface area contributed by atoms with E-state index in [-0.39, 0.29) is 21.1 Å². The summed E-state index contributed by atoms with van der Waals surface area (Å²) < 4.78 is 60.4. The van der Waals surface area contributed by atoms with E-state index in [1.807, 2.05) is 0 Å². The second kappa shape index (κ2) is 56.8. The van der Waals surface area contributed by atoms with Crippen molar-refractivity contribution in [3.8, 4) is 0 Å². The van der Waals surface area contributed by atoms with E-state index in [0.717, 1.165) is 0 Å². The van der Waals surface area contributed by atoms with Crippen molar-refractivity contribution in [1.82, 2.24) is 0 Å². The Hall–Kier alpha value is 3.09. The Morgan fingerprint density at radius 3 is 0.328 bits per heavy atom. The summed E-state index contributed by atoms with van der Waals surface area (Å²) in [5, 5.41) is 0. The number of hydrogen-bond donors (Lipinski definition) is 0. The van der Waals surface area contributed by atoms with Crippen LogP contribution < -0.4 is 0 Å². The first kappa shape index (κ1) is 84.1. The average molecular weight is 1350 g/mol. The molecule has 0 bridgehead atoms. The van der Waals surface area contributed by atoms with E-state index in [1.54, 1.807) is 72.9 Å². The predicted octanol–water partition coefficient (Wildman–Crippen LogP) is 13.0. The molecule has 0 aromatic heterocycles. The summed E-state index contributed by atoms with van der Waals surface area (Å²) in [6.45, 7) is 45.8. The molecular formula is C36H60MoO12P6S12. The van der Waals surface area contributed by atoms with Crippen LogP contribution in [0.5, 0.6) is 0 Å². The predicted molar refractivity (Wildman–Crippen MR) is 324 cm³/mol. The Morgan fingerprint density at radius 2 is 0.284 bits per heavy atom. The maximum Gasteiger partial charge on any atom is 6.00 e. The molecule has 0 radical (unpaired) electrons. The van der Waals surface area contributed by atoms with Crippen molar-refractivity contribution in [2.75, 3.05) is 79.3 Å². The Labute approximate surface area is 479 Å². The van der Waals surface area contributed by atoms with Gasteiger partial charge < -0.3 is 128 Å². The Bertz CT molecular complexity index is 1310. The largest absolute Gasteiger partial charge is 6.00 e. The van der Waals surface area contributed by atoms with Gasteiger partial charge >= 0.3 is 21.1 Å². The van der Waals surface area contributed by atoms with Gasteiger partial charge in [0.15, 0.2) is 0 Å². The SMILES string of the molecule is C=CCOP(=S)([S-])OCC=C.C=CCOP(=S)([S-])OCC=C.C=CCOP(=S)([S-])OCC=C.C=CCOP(=S)([S-])OCC=C.C=CCOP(=S)([S-])OCC=C.C=CCOP(=S)([S-])OCC=C.[Mo+6]. The molecule has 0 aliphatic carbocycles. The van der Waals surface area contributed by atoms with Gasteiger partial charge in [0.1, 0.15) is 0 Å². The summed E-state index contributed by atoms with van der Waals surface area (Å²) >= 11 is 58.3. The molecule has 0 atom stereocenters. The number of rotatable bonds is 36. The molecule has 0 N–H and O–H groups in total. The summed E-state index contributed by atoms with van der Waals surface area (Å²) in [6, 6.07) is 0. The zero-order valence-electron chi connectivity index (χ0n) is 36.8. The molecule has 12 nitrogen and oxygen atoms in total. The van der Waals surface area contributed by atoms with Crippen molar-refractivity contribution in [3.63, 3.8) is 0 Å². The van der Waals surface area contributed by atoms with Gasteiger partial charge in [-0.25, -0.2) is 0 Å². The fourth-order valence-corrected chi connectivity index (χ4v) is 10.2. The second-order valence-corrected chi connectivity index (χ2v) is 39.6. The fourth-order valence-electron chi connectivity index (χ4n) is 1.95. The molecule has 31 heteroatoms. The average Bonchev–Trinajstić information content (AvgIpc) is 3.27. The van der Waals surface area contributed by atoms with Gasteiger partial charge in [0, 0.05) is 0 Å². The topological polar surface area (TPSA) is 111 Å². The maximum atomic E-state index is 5.03. The van der Waals surface area contributed by atoms with E-state index in [4.69, 9.17) is 199 Å². The smallest absolute Gasteiger partial charge is 0.691 e. The summed E-state index contributed by atoms with van der Waals surface area (Å²) in [5.41, 5.74) is -14.7. The molecule has 384 valence electrons. The minimum absolute atomic E-state index is 0. The van der Waals surface area contributed by atoms with Gasteiger partial charge in [0.2, 0.25) is 0 Å². The van der Waals surface area contributed by atoms with Crippen LogP contribution in [0.25, 0.3) is 0 Å². The maximum absolute atomic E-state index is 5.03. The van der Waals surface area contributed by atoms with Crippen molar-refractivity contribution in [2.45, 2.75) is 0 Å². The van der Waals surface area contributed by atoms with Crippen LogP contribution in [0.2, 0.25) is 0 Å². The van der Waals surface area contributed by atoms with Crippen LogP contribution >= 0.6 is 34.2 Å². The van der Waals surface area contributed by atoms with Gasteiger partial charge in [-0.15, -0.1) is 78.9 Å². The molecule has 0 aliphatic heterocycles. The minimum Gasteiger partial charge on any atom is -0.691 e. The van der Waals surface area contributed by atoms with Gasteiger partial charge in [0.25, 0.3) is 0 Å². The van der Waals surface area contributed by atoms with Crippen molar-refractivity contribution in [3.05, 3.63) is 152 Å².